The van der Waals surface area contributed by atoms with Gasteiger partial charge in [0.25, 0.3) is 0 Å². The van der Waals surface area contributed by atoms with Crippen LogP contribution < -0.4 is 4.74 Å². The summed E-state index contributed by atoms with van der Waals surface area (Å²) in [6.07, 6.45) is 1.51. The minimum Gasteiger partial charge on any atom is -0.439 e. The number of aromatic nitrogens is 2. The third-order valence-corrected chi connectivity index (χ3v) is 6.10. The van der Waals surface area contributed by atoms with E-state index >= 15 is 0 Å². The van der Waals surface area contributed by atoms with Gasteiger partial charge in [0, 0.05) is 44.9 Å². The molecule has 0 aliphatic carbocycles. The van der Waals surface area contributed by atoms with E-state index in [9.17, 15) is 9.50 Å². The van der Waals surface area contributed by atoms with E-state index in [4.69, 9.17) is 19.3 Å². The lowest BCUT2D eigenvalue weighted by Crippen LogP contribution is -2.39. The first-order valence-electron chi connectivity index (χ1n) is 12.6. The smallest absolute Gasteiger partial charge is 0.222 e. The molecule has 0 radical (unpaired) electrons. The molecule has 2 atom stereocenters. The number of nitrogens with zero attached hydrogens (tertiary/aromatic N) is 3. The normalized spacial score (nSPS) is 16.7. The average Bonchev–Trinajstić information content (AvgIpc) is 3.47. The van der Waals surface area contributed by atoms with E-state index in [0.29, 0.717) is 31.3 Å². The lowest BCUT2D eigenvalue weighted by atomic mass is 10.1. The summed E-state index contributed by atoms with van der Waals surface area (Å²) in [6, 6.07) is 16.0. The lowest BCUT2D eigenvalue weighted by molar-refractivity contribution is -0.0172. The van der Waals surface area contributed by atoms with Crippen LogP contribution >= 0.6 is 0 Å². The molecule has 0 amide bonds. The van der Waals surface area contributed by atoms with Gasteiger partial charge in [-0.2, -0.15) is 5.10 Å². The molecule has 1 aliphatic rings. The predicted octanol–water partition coefficient (Wildman–Crippen LogP) is 4.79. The third kappa shape index (κ3) is 7.13. The summed E-state index contributed by atoms with van der Waals surface area (Å²) in [5.41, 5.74) is 2.61. The van der Waals surface area contributed by atoms with Gasteiger partial charge < -0.3 is 19.3 Å². The molecule has 8 heteroatoms. The highest BCUT2D eigenvalue weighted by Crippen LogP contribution is 2.34. The Balaban J connectivity index is 1.66. The van der Waals surface area contributed by atoms with Gasteiger partial charge in [-0.15, -0.1) is 0 Å². The van der Waals surface area contributed by atoms with Crippen LogP contribution in [0.1, 0.15) is 32.3 Å². The van der Waals surface area contributed by atoms with Gasteiger partial charge in [0.15, 0.2) is 0 Å². The molecule has 1 aliphatic heterocycles. The zero-order valence-corrected chi connectivity index (χ0v) is 21.3. The zero-order chi connectivity index (χ0) is 25.5. The highest BCUT2D eigenvalue weighted by Gasteiger charge is 2.26. The number of hydrogen-bond donors (Lipinski definition) is 1. The summed E-state index contributed by atoms with van der Waals surface area (Å²) in [4.78, 5) is 2.17. The fourth-order valence-electron chi connectivity index (χ4n) is 4.45. The summed E-state index contributed by atoms with van der Waals surface area (Å²) in [6.45, 7) is 6.47. The van der Waals surface area contributed by atoms with Crippen molar-refractivity contribution in [1.29, 1.82) is 0 Å². The Hall–Kier alpha value is -2.78. The molecule has 3 aromatic rings. The Morgan fingerprint density at radius 3 is 2.69 bits per heavy atom. The van der Waals surface area contributed by atoms with Crippen LogP contribution in [0.3, 0.4) is 0 Å². The Bertz CT molecular complexity index is 1100. The summed E-state index contributed by atoms with van der Waals surface area (Å²) < 4.78 is 33.3. The number of benzene rings is 2. The number of ether oxygens (including phenoxy) is 3. The number of aliphatic hydroxyl groups excluding tert-OH is 1. The Labute approximate surface area is 212 Å². The molecule has 1 saturated heterocycles. The van der Waals surface area contributed by atoms with E-state index in [1.54, 1.807) is 16.8 Å². The maximum atomic E-state index is 13.9. The summed E-state index contributed by atoms with van der Waals surface area (Å²) in [5.74, 6) is 0.562. The molecule has 1 aromatic heterocycles. The molecule has 194 valence electrons. The topological polar surface area (TPSA) is 69.0 Å². The standard InChI is InChI=1S/C28H36FN3O4/c1-20(2)35-19-23(33)16-32(17-25-13-8-14-34-25)18-26-27(21-9-5-4-6-10-21)30-31(3)28(26)36-24-12-7-11-22(29)15-24/h4-7,9-12,15,20,23,25,33H,8,13-14,16-19H2,1-3H3/t23-,25-/m0/s1. The minimum atomic E-state index is -0.654. The van der Waals surface area contributed by atoms with Gasteiger partial charge in [-0.05, 0) is 38.8 Å². The molecule has 36 heavy (non-hydrogen) atoms. The van der Waals surface area contributed by atoms with E-state index in [1.165, 1.54) is 12.1 Å². The van der Waals surface area contributed by atoms with Gasteiger partial charge in [0.2, 0.25) is 5.88 Å². The van der Waals surface area contributed by atoms with Gasteiger partial charge in [0.05, 0.1) is 30.5 Å². The largest absolute Gasteiger partial charge is 0.439 e. The molecular formula is C28H36FN3O4. The number of halogens is 1. The van der Waals surface area contributed by atoms with Crippen molar-refractivity contribution in [2.75, 3.05) is 26.3 Å². The Kier molecular flexibility index (Phi) is 9.09. The number of rotatable bonds is 12. The predicted molar refractivity (Wildman–Crippen MR) is 136 cm³/mol. The summed E-state index contributed by atoms with van der Waals surface area (Å²) in [5, 5.41) is 15.5. The van der Waals surface area contributed by atoms with Gasteiger partial charge in [-0.3, -0.25) is 4.90 Å². The number of aryl methyl sites for hydroxylation is 1. The molecular weight excluding hydrogens is 461 g/mol. The maximum absolute atomic E-state index is 13.9. The van der Waals surface area contributed by atoms with Gasteiger partial charge in [0.1, 0.15) is 17.3 Å². The average molecular weight is 498 g/mol. The molecule has 1 fully saturated rings. The van der Waals surface area contributed by atoms with Gasteiger partial charge in [-0.1, -0.05) is 36.4 Å². The van der Waals surface area contributed by atoms with Crippen molar-refractivity contribution >= 4 is 0 Å². The second-order valence-electron chi connectivity index (χ2n) is 9.55. The first kappa shape index (κ1) is 26.3. The maximum Gasteiger partial charge on any atom is 0.222 e. The van der Waals surface area contributed by atoms with Crippen LogP contribution in [0.2, 0.25) is 0 Å². The van der Waals surface area contributed by atoms with Crippen LogP contribution in [-0.4, -0.2) is 64.4 Å². The SMILES string of the molecule is CC(C)OC[C@@H](O)CN(Cc1c(-c2ccccc2)nn(C)c1Oc1cccc(F)c1)C[C@@H]1CCCO1. The number of hydrogen-bond acceptors (Lipinski definition) is 6. The molecule has 7 nitrogen and oxygen atoms in total. The first-order valence-corrected chi connectivity index (χ1v) is 12.6. The summed E-state index contributed by atoms with van der Waals surface area (Å²) in [7, 11) is 1.82. The van der Waals surface area contributed by atoms with E-state index in [1.807, 2.05) is 51.2 Å². The van der Waals surface area contributed by atoms with Crippen molar-refractivity contribution in [2.45, 2.75) is 51.5 Å². The second kappa shape index (κ2) is 12.5. The molecule has 0 unspecified atom stereocenters. The minimum absolute atomic E-state index is 0.0422. The van der Waals surface area contributed by atoms with Crippen LogP contribution in [0.15, 0.2) is 54.6 Å². The molecule has 4 rings (SSSR count). The van der Waals surface area contributed by atoms with E-state index in [2.05, 4.69) is 4.90 Å². The van der Waals surface area contributed by atoms with Crippen molar-refractivity contribution in [3.05, 3.63) is 66.0 Å². The van der Waals surface area contributed by atoms with Crippen molar-refractivity contribution in [3.8, 4) is 22.9 Å². The first-order chi connectivity index (χ1) is 17.4. The molecule has 0 bridgehead atoms. The van der Waals surface area contributed by atoms with Crippen LogP contribution in [-0.2, 0) is 23.1 Å². The molecule has 1 N–H and O–H groups in total. The third-order valence-electron chi connectivity index (χ3n) is 6.10. The Morgan fingerprint density at radius 2 is 2.00 bits per heavy atom. The van der Waals surface area contributed by atoms with Crippen molar-refractivity contribution in [1.82, 2.24) is 14.7 Å². The van der Waals surface area contributed by atoms with Crippen LogP contribution in [0.5, 0.6) is 11.6 Å². The molecule has 2 heterocycles. The highest BCUT2D eigenvalue weighted by molar-refractivity contribution is 5.65. The van der Waals surface area contributed by atoms with Crippen molar-refractivity contribution < 1.29 is 23.7 Å². The molecule has 0 saturated carbocycles. The second-order valence-corrected chi connectivity index (χ2v) is 9.55. The fourth-order valence-corrected chi connectivity index (χ4v) is 4.45. The summed E-state index contributed by atoms with van der Waals surface area (Å²) >= 11 is 0. The van der Waals surface area contributed by atoms with E-state index in [0.717, 1.165) is 36.3 Å². The molecule has 2 aromatic carbocycles. The lowest BCUT2D eigenvalue weighted by Gasteiger charge is -2.28. The van der Waals surface area contributed by atoms with Crippen LogP contribution in [0, 0.1) is 5.82 Å². The van der Waals surface area contributed by atoms with Crippen LogP contribution in [0.25, 0.3) is 11.3 Å². The molecule has 0 spiro atoms. The van der Waals surface area contributed by atoms with Gasteiger partial charge >= 0.3 is 0 Å². The quantitative estimate of drug-likeness (QED) is 0.388. The monoisotopic (exact) mass is 497 g/mol. The van der Waals surface area contributed by atoms with Crippen LogP contribution in [0.4, 0.5) is 4.39 Å². The van der Waals surface area contributed by atoms with Crippen molar-refractivity contribution in [2.24, 2.45) is 7.05 Å². The van der Waals surface area contributed by atoms with E-state index in [-0.39, 0.29) is 24.6 Å². The van der Waals surface area contributed by atoms with E-state index < -0.39 is 6.10 Å². The number of aliphatic hydroxyl groups is 1. The highest BCUT2D eigenvalue weighted by atomic mass is 19.1. The Morgan fingerprint density at radius 1 is 1.19 bits per heavy atom. The zero-order valence-electron chi connectivity index (χ0n) is 21.3. The van der Waals surface area contributed by atoms with Gasteiger partial charge in [-0.25, -0.2) is 9.07 Å². The fraction of sp³-hybridized carbons (Fsp3) is 0.464. The van der Waals surface area contributed by atoms with Crippen molar-refractivity contribution in [3.63, 3.8) is 0 Å².